The SMILES string of the molecule is O.[Co].[Mg].[Mn].[Zn]. The van der Waals surface area contributed by atoms with Gasteiger partial charge in [-0.05, 0) is 0 Å². The first kappa shape index (κ1) is 53.1. The second-order valence-corrected chi connectivity index (χ2v) is 0. The molecule has 0 spiro atoms. The third kappa shape index (κ3) is 21.6. The maximum Gasteiger partial charge on any atom is 0 e. The third-order valence-electron chi connectivity index (χ3n) is 0. The van der Waals surface area contributed by atoms with Crippen LogP contribution in [0.2, 0.25) is 0 Å². The molecule has 2 N–H and O–H groups in total. The predicted molar refractivity (Wildman–Crippen MR) is 9.37 cm³/mol. The summed E-state index contributed by atoms with van der Waals surface area (Å²) in [5.74, 6) is 0. The van der Waals surface area contributed by atoms with E-state index in [4.69, 9.17) is 0 Å². The fraction of sp³-hybridized carbons (Fsp3) is 0. The average molecular weight is 222 g/mol. The minimum Gasteiger partial charge on any atom is -0.412 e. The van der Waals surface area contributed by atoms with Crippen LogP contribution in [0.1, 0.15) is 0 Å². The summed E-state index contributed by atoms with van der Waals surface area (Å²) >= 11 is 0. The third-order valence-corrected chi connectivity index (χ3v) is 0. The Balaban J connectivity index is 0. The van der Waals surface area contributed by atoms with Gasteiger partial charge in [-0.2, -0.15) is 0 Å². The van der Waals surface area contributed by atoms with Gasteiger partial charge in [-0.25, -0.2) is 0 Å². The Labute approximate surface area is 80.9 Å². The first-order valence-corrected chi connectivity index (χ1v) is 0. The van der Waals surface area contributed by atoms with Crippen LogP contribution in [0, 0.1) is 0 Å². The van der Waals surface area contributed by atoms with Crippen LogP contribution < -0.4 is 0 Å². The monoisotopic (exact) mass is 220 g/mol. The van der Waals surface area contributed by atoms with Crippen molar-refractivity contribution in [2.45, 2.75) is 0 Å². The van der Waals surface area contributed by atoms with Crippen LogP contribution in [0.4, 0.5) is 0 Å². The first-order chi connectivity index (χ1) is 0. The molecule has 0 aliphatic rings. The van der Waals surface area contributed by atoms with Crippen LogP contribution in [0.3, 0.4) is 0 Å². The molecule has 0 aromatic rings. The summed E-state index contributed by atoms with van der Waals surface area (Å²) in [4.78, 5) is 0. The number of hydrogen-bond acceptors (Lipinski definition) is 0. The van der Waals surface area contributed by atoms with E-state index >= 15 is 0 Å². The van der Waals surface area contributed by atoms with E-state index in [1.807, 2.05) is 0 Å². The molecule has 0 amide bonds. The molecule has 0 bridgehead atoms. The second-order valence-electron chi connectivity index (χ2n) is 0. The van der Waals surface area contributed by atoms with Gasteiger partial charge in [0.05, 0.1) is 0 Å². The van der Waals surface area contributed by atoms with Crippen molar-refractivity contribution >= 4 is 23.1 Å². The average Bonchev–Trinajstić information content (AvgIpc) is 0. The molecule has 0 aliphatic heterocycles. The Morgan fingerprint density at radius 1 is 1.00 bits per heavy atom. The van der Waals surface area contributed by atoms with E-state index in [0.717, 1.165) is 0 Å². The summed E-state index contributed by atoms with van der Waals surface area (Å²) in [5, 5.41) is 0. The van der Waals surface area contributed by atoms with Gasteiger partial charge in [0, 0.05) is 76.4 Å². The summed E-state index contributed by atoms with van der Waals surface area (Å²) in [5.41, 5.74) is 0. The zero-order valence-electron chi connectivity index (χ0n) is 2.63. The molecule has 5 heteroatoms. The topological polar surface area (TPSA) is 31.5 Å². The van der Waals surface area contributed by atoms with Crippen LogP contribution in [-0.4, -0.2) is 28.5 Å². The van der Waals surface area contributed by atoms with Gasteiger partial charge in [-0.15, -0.1) is 0 Å². The fourth-order valence-corrected chi connectivity index (χ4v) is 0. The summed E-state index contributed by atoms with van der Waals surface area (Å²) < 4.78 is 0. The summed E-state index contributed by atoms with van der Waals surface area (Å²) in [7, 11) is 0. The molecule has 0 aromatic heterocycles. The Bertz CT molecular complexity index is 11.6. The molecule has 0 atom stereocenters. The molecule has 0 fully saturated rings. The van der Waals surface area contributed by atoms with Gasteiger partial charge in [0.15, 0.2) is 0 Å². The maximum atomic E-state index is 0. The standard InChI is InChI=1S/Co.Mg.Mn.H2O.Zn/h;;;1H2;. The minimum atomic E-state index is 0. The van der Waals surface area contributed by atoms with Gasteiger partial charge in [0.25, 0.3) is 0 Å². The molecule has 0 saturated carbocycles. The molecule has 0 unspecified atom stereocenters. The van der Waals surface area contributed by atoms with Crippen LogP contribution in [-0.2, 0) is 53.3 Å². The van der Waals surface area contributed by atoms with Crippen LogP contribution in [0.5, 0.6) is 0 Å². The predicted octanol–water partition coefficient (Wildman–Crippen LogP) is -1.21. The number of hydrogen-bond donors (Lipinski definition) is 0. The van der Waals surface area contributed by atoms with Crippen molar-refractivity contribution in [2.75, 3.05) is 0 Å². The Hall–Kier alpha value is 2.38. The largest absolute Gasteiger partial charge is 0.412 e. The van der Waals surface area contributed by atoms with Crippen molar-refractivity contribution < 1.29 is 58.8 Å². The van der Waals surface area contributed by atoms with E-state index in [1.54, 1.807) is 0 Å². The Morgan fingerprint density at radius 3 is 1.00 bits per heavy atom. The van der Waals surface area contributed by atoms with Gasteiger partial charge >= 0.3 is 0 Å². The Kier molecular flexibility index (Phi) is 347. The number of rotatable bonds is 0. The van der Waals surface area contributed by atoms with E-state index in [2.05, 4.69) is 0 Å². The molecule has 0 rings (SSSR count). The van der Waals surface area contributed by atoms with Crippen molar-refractivity contribution in [2.24, 2.45) is 0 Å². The van der Waals surface area contributed by atoms with Crippen LogP contribution >= 0.6 is 0 Å². The van der Waals surface area contributed by atoms with Crippen molar-refractivity contribution in [3.05, 3.63) is 0 Å². The summed E-state index contributed by atoms with van der Waals surface area (Å²) in [6.45, 7) is 0. The van der Waals surface area contributed by atoms with Gasteiger partial charge < -0.3 is 5.48 Å². The summed E-state index contributed by atoms with van der Waals surface area (Å²) in [6, 6.07) is 0. The molecule has 4 radical (unpaired) electrons. The molecule has 0 aromatic carbocycles. The molecular formula is H2CoMgMnOZn. The van der Waals surface area contributed by atoms with Gasteiger partial charge in [-0.3, -0.25) is 0 Å². The molecule has 1 nitrogen and oxygen atoms in total. The molecule has 5 heavy (non-hydrogen) atoms. The fourth-order valence-electron chi connectivity index (χ4n) is 0. The van der Waals surface area contributed by atoms with Gasteiger partial charge in [0.2, 0.25) is 0 Å². The smallest absolute Gasteiger partial charge is 0 e. The van der Waals surface area contributed by atoms with Crippen molar-refractivity contribution in [3.8, 4) is 0 Å². The Morgan fingerprint density at radius 2 is 1.00 bits per heavy atom. The van der Waals surface area contributed by atoms with E-state index in [1.165, 1.54) is 0 Å². The van der Waals surface area contributed by atoms with Gasteiger partial charge in [-0.1, -0.05) is 0 Å². The van der Waals surface area contributed by atoms with E-state index in [0.29, 0.717) is 0 Å². The maximum absolute atomic E-state index is 0. The molecule has 0 heterocycles. The minimum absolute atomic E-state index is 0. The van der Waals surface area contributed by atoms with Gasteiger partial charge in [0.1, 0.15) is 0 Å². The second kappa shape index (κ2) is 32.6. The van der Waals surface area contributed by atoms with Crippen LogP contribution in [0.25, 0.3) is 0 Å². The van der Waals surface area contributed by atoms with Crippen molar-refractivity contribution in [1.82, 2.24) is 0 Å². The molecule has 0 saturated heterocycles. The molecule has 0 aliphatic carbocycles. The van der Waals surface area contributed by atoms with Crippen molar-refractivity contribution in [1.29, 1.82) is 0 Å². The summed E-state index contributed by atoms with van der Waals surface area (Å²) in [6.07, 6.45) is 0. The first-order valence-electron chi connectivity index (χ1n) is 0. The zero-order chi connectivity index (χ0) is 0. The van der Waals surface area contributed by atoms with Crippen molar-refractivity contribution in [3.63, 3.8) is 0 Å². The van der Waals surface area contributed by atoms with E-state index in [-0.39, 0.29) is 81.9 Å². The quantitative estimate of drug-likeness (QED) is 0.460. The molecular weight excluding hydrogens is 220 g/mol. The van der Waals surface area contributed by atoms with E-state index < -0.39 is 0 Å². The zero-order valence-corrected chi connectivity index (χ0v) is 9.23. The van der Waals surface area contributed by atoms with Crippen LogP contribution in [0.15, 0.2) is 0 Å². The normalized spacial score (nSPS) is 0. The molecule has 28 valence electrons. The van der Waals surface area contributed by atoms with E-state index in [9.17, 15) is 0 Å².